The number of fused-ring (bicyclic) bond motifs is 2. The Hall–Kier alpha value is -2.02. The van der Waals surface area contributed by atoms with Gasteiger partial charge in [-0.3, -0.25) is 0 Å². The molecule has 4 heterocycles. The van der Waals surface area contributed by atoms with Crippen LogP contribution >= 0.6 is 11.3 Å². The molecule has 0 bridgehead atoms. The molecule has 1 N–H and O–H groups in total. The number of nitrogens with zero attached hydrogens (tertiary/aromatic N) is 5. The van der Waals surface area contributed by atoms with E-state index < -0.39 is 0 Å². The Bertz CT molecular complexity index is 761. The maximum atomic E-state index is 4.43. The zero-order chi connectivity index (χ0) is 13.5. The summed E-state index contributed by atoms with van der Waals surface area (Å²) in [6.45, 7) is 2.78. The predicted molar refractivity (Wildman–Crippen MR) is 77.9 cm³/mol. The van der Waals surface area contributed by atoms with E-state index in [1.807, 2.05) is 23.1 Å². The fraction of sp³-hybridized carbons (Fsp3) is 0.385. The van der Waals surface area contributed by atoms with Gasteiger partial charge in [-0.1, -0.05) is 0 Å². The van der Waals surface area contributed by atoms with Gasteiger partial charge in [-0.2, -0.15) is 5.10 Å². The van der Waals surface area contributed by atoms with E-state index in [0.717, 1.165) is 47.1 Å². The predicted octanol–water partition coefficient (Wildman–Crippen LogP) is 2.02. The van der Waals surface area contributed by atoms with E-state index in [1.165, 1.54) is 0 Å². The highest BCUT2D eigenvalue weighted by atomic mass is 32.1. The van der Waals surface area contributed by atoms with Crippen molar-refractivity contribution in [3.05, 3.63) is 29.4 Å². The molecule has 0 amide bonds. The molecule has 0 saturated heterocycles. The molecule has 0 spiro atoms. The van der Waals surface area contributed by atoms with Gasteiger partial charge in [-0.25, -0.2) is 19.6 Å². The third-order valence-electron chi connectivity index (χ3n) is 3.55. The minimum Gasteiger partial charge on any atom is -0.364 e. The summed E-state index contributed by atoms with van der Waals surface area (Å²) in [5, 5.41) is 10.0. The second kappa shape index (κ2) is 4.52. The van der Waals surface area contributed by atoms with Crippen molar-refractivity contribution in [2.75, 3.05) is 5.32 Å². The lowest BCUT2D eigenvalue weighted by Crippen LogP contribution is -2.32. The lowest BCUT2D eigenvalue weighted by atomic mass is 10.1. The molecule has 6 nitrogen and oxygen atoms in total. The third-order valence-corrected chi connectivity index (χ3v) is 4.46. The van der Waals surface area contributed by atoms with Gasteiger partial charge in [0, 0.05) is 12.5 Å². The van der Waals surface area contributed by atoms with Crippen molar-refractivity contribution in [1.29, 1.82) is 0 Å². The molecule has 0 fully saturated rings. The zero-order valence-corrected chi connectivity index (χ0v) is 11.9. The molecule has 0 aromatic carbocycles. The Morgan fingerprint density at radius 3 is 3.30 bits per heavy atom. The van der Waals surface area contributed by atoms with Crippen LogP contribution in [-0.4, -0.2) is 30.8 Å². The molecule has 0 saturated carbocycles. The normalized spacial score (nSPS) is 18.1. The molecule has 1 aliphatic heterocycles. The van der Waals surface area contributed by atoms with Crippen LogP contribution in [-0.2, 0) is 13.0 Å². The van der Waals surface area contributed by atoms with Crippen molar-refractivity contribution in [2.45, 2.75) is 32.4 Å². The largest absolute Gasteiger partial charge is 0.364 e. The maximum absolute atomic E-state index is 4.43. The van der Waals surface area contributed by atoms with E-state index in [1.54, 1.807) is 17.7 Å². The first-order valence-corrected chi connectivity index (χ1v) is 7.52. The van der Waals surface area contributed by atoms with Crippen LogP contribution < -0.4 is 5.32 Å². The topological polar surface area (TPSA) is 68.5 Å². The number of hydrogen-bond donors (Lipinski definition) is 1. The van der Waals surface area contributed by atoms with Crippen molar-refractivity contribution in [2.24, 2.45) is 0 Å². The van der Waals surface area contributed by atoms with Gasteiger partial charge < -0.3 is 5.32 Å². The number of nitrogens with one attached hydrogen (secondary N) is 1. The molecular weight excluding hydrogens is 272 g/mol. The van der Waals surface area contributed by atoms with Crippen LogP contribution in [0.5, 0.6) is 0 Å². The first-order valence-electron chi connectivity index (χ1n) is 6.64. The number of rotatable bonds is 2. The summed E-state index contributed by atoms with van der Waals surface area (Å²) in [4.78, 5) is 13.1. The van der Waals surface area contributed by atoms with Crippen LogP contribution in [0.2, 0.25) is 0 Å². The lowest BCUT2D eigenvalue weighted by molar-refractivity contribution is 0.440. The number of aryl methyl sites for hydroxylation is 2. The van der Waals surface area contributed by atoms with E-state index in [0.29, 0.717) is 6.04 Å². The third kappa shape index (κ3) is 1.94. The highest BCUT2D eigenvalue weighted by Gasteiger charge is 2.21. The van der Waals surface area contributed by atoms with Gasteiger partial charge in [0.25, 0.3) is 0 Å². The summed E-state index contributed by atoms with van der Waals surface area (Å²) < 4.78 is 3.12. The summed E-state index contributed by atoms with van der Waals surface area (Å²) in [7, 11) is 0. The molecule has 1 atom stereocenters. The molecule has 1 aliphatic rings. The standard InChI is InChI=1S/C13H14N6S/c1-8-16-11-3-2-9(6-19(11)18-8)17-13-12-10(4-5-20-12)14-7-15-13/h4-5,7,9H,2-3,6H2,1H3,(H,14,15,17)/t9-/m1/s1. The highest BCUT2D eigenvalue weighted by molar-refractivity contribution is 7.17. The molecule has 0 radical (unpaired) electrons. The smallest absolute Gasteiger partial charge is 0.147 e. The van der Waals surface area contributed by atoms with Crippen molar-refractivity contribution in [1.82, 2.24) is 24.7 Å². The Morgan fingerprint density at radius 1 is 1.40 bits per heavy atom. The lowest BCUT2D eigenvalue weighted by Gasteiger charge is -2.24. The van der Waals surface area contributed by atoms with Crippen molar-refractivity contribution >= 4 is 27.4 Å². The van der Waals surface area contributed by atoms with Crippen LogP contribution in [0.3, 0.4) is 0 Å². The molecule has 20 heavy (non-hydrogen) atoms. The summed E-state index contributed by atoms with van der Waals surface area (Å²) in [5.74, 6) is 2.86. The molecule has 102 valence electrons. The van der Waals surface area contributed by atoms with Crippen LogP contribution in [0.4, 0.5) is 5.82 Å². The Kier molecular flexibility index (Phi) is 2.66. The summed E-state index contributed by atoms with van der Waals surface area (Å²) in [6, 6.07) is 2.36. The van der Waals surface area contributed by atoms with E-state index in [9.17, 15) is 0 Å². The molecule has 4 rings (SSSR count). The molecule has 0 aliphatic carbocycles. The van der Waals surface area contributed by atoms with E-state index in [4.69, 9.17) is 0 Å². The van der Waals surface area contributed by atoms with Crippen molar-refractivity contribution < 1.29 is 0 Å². The van der Waals surface area contributed by atoms with Gasteiger partial charge in [0.15, 0.2) is 0 Å². The van der Waals surface area contributed by atoms with Crippen LogP contribution in [0.1, 0.15) is 18.1 Å². The average Bonchev–Trinajstić information content (AvgIpc) is 3.03. The fourth-order valence-electron chi connectivity index (χ4n) is 2.64. The first-order chi connectivity index (χ1) is 9.79. The van der Waals surface area contributed by atoms with Gasteiger partial charge in [0.05, 0.1) is 16.8 Å². The molecule has 3 aromatic rings. The first kappa shape index (κ1) is 11.8. The molecule has 3 aromatic heterocycles. The minimum absolute atomic E-state index is 0.337. The van der Waals surface area contributed by atoms with Crippen LogP contribution in [0, 0.1) is 6.92 Å². The Balaban J connectivity index is 1.60. The second-order valence-corrected chi connectivity index (χ2v) is 5.91. The van der Waals surface area contributed by atoms with Crippen molar-refractivity contribution in [3.8, 4) is 0 Å². The summed E-state index contributed by atoms with van der Waals surface area (Å²) >= 11 is 1.67. The number of thiophene rings is 1. The summed E-state index contributed by atoms with van der Waals surface area (Å²) in [6.07, 6.45) is 3.62. The van der Waals surface area contributed by atoms with Crippen molar-refractivity contribution in [3.63, 3.8) is 0 Å². The molecule has 7 heteroatoms. The van der Waals surface area contributed by atoms with Gasteiger partial charge >= 0.3 is 0 Å². The second-order valence-electron chi connectivity index (χ2n) is 4.99. The van der Waals surface area contributed by atoms with Gasteiger partial charge in [-0.15, -0.1) is 11.3 Å². The quantitative estimate of drug-likeness (QED) is 0.780. The van der Waals surface area contributed by atoms with E-state index in [2.05, 4.69) is 25.4 Å². The van der Waals surface area contributed by atoms with Crippen LogP contribution in [0.25, 0.3) is 10.2 Å². The Labute approximate surface area is 119 Å². The number of aromatic nitrogens is 5. The number of anilines is 1. The minimum atomic E-state index is 0.337. The van der Waals surface area contributed by atoms with Gasteiger partial charge in [-0.05, 0) is 24.8 Å². The molecular formula is C13H14N6S. The zero-order valence-electron chi connectivity index (χ0n) is 11.1. The summed E-state index contributed by atoms with van der Waals surface area (Å²) in [5.41, 5.74) is 1.00. The highest BCUT2D eigenvalue weighted by Crippen LogP contribution is 2.26. The van der Waals surface area contributed by atoms with E-state index in [-0.39, 0.29) is 0 Å². The Morgan fingerprint density at radius 2 is 2.35 bits per heavy atom. The van der Waals surface area contributed by atoms with Gasteiger partial charge in [0.1, 0.15) is 23.8 Å². The van der Waals surface area contributed by atoms with E-state index >= 15 is 0 Å². The molecule has 0 unspecified atom stereocenters. The average molecular weight is 286 g/mol. The van der Waals surface area contributed by atoms with Crippen LogP contribution in [0.15, 0.2) is 17.8 Å². The SMILES string of the molecule is Cc1nc2n(n1)C[C@H](Nc1ncnc3ccsc13)CC2. The van der Waals surface area contributed by atoms with Gasteiger partial charge in [0.2, 0.25) is 0 Å². The monoisotopic (exact) mass is 286 g/mol. The number of hydrogen-bond acceptors (Lipinski definition) is 6. The maximum Gasteiger partial charge on any atom is 0.147 e. The fourth-order valence-corrected chi connectivity index (χ4v) is 3.43.